The highest BCUT2D eigenvalue weighted by molar-refractivity contribution is 7.44. The van der Waals surface area contributed by atoms with Crippen LogP contribution in [0.5, 0.6) is 11.5 Å². The number of hydrogen-bond donors (Lipinski definition) is 1. The molecule has 1 aliphatic heterocycles. The smallest absolute Gasteiger partial charge is 0.330 e. The third kappa shape index (κ3) is 10.5. The quantitative estimate of drug-likeness (QED) is 0.0419. The lowest BCUT2D eigenvalue weighted by atomic mass is 9.80. The van der Waals surface area contributed by atoms with Crippen LogP contribution >= 0.6 is 8.53 Å². The minimum Gasteiger partial charge on any atom is -0.497 e. The topological polar surface area (TPSA) is 147 Å². The van der Waals surface area contributed by atoms with Crippen molar-refractivity contribution in [1.82, 2.24) is 14.2 Å². The zero-order chi connectivity index (χ0) is 43.8. The predicted molar refractivity (Wildman–Crippen MR) is 236 cm³/mol. The van der Waals surface area contributed by atoms with Crippen LogP contribution in [-0.4, -0.2) is 80.4 Å². The van der Waals surface area contributed by atoms with Crippen molar-refractivity contribution in [2.45, 2.75) is 115 Å². The Kier molecular flexibility index (Phi) is 15.7. The van der Waals surface area contributed by atoms with Crippen LogP contribution in [0.1, 0.15) is 77.8 Å². The first kappa shape index (κ1) is 46.9. The molecule has 0 amide bonds. The lowest BCUT2D eigenvalue weighted by Crippen LogP contribution is -2.50. The zero-order valence-corrected chi connectivity index (χ0v) is 38.6. The number of nitrogens with zero attached hydrogens (tertiary/aromatic N) is 3. The lowest BCUT2D eigenvalue weighted by molar-refractivity contribution is -0.0943. The molecule has 60 heavy (non-hydrogen) atoms. The predicted octanol–water partition coefficient (Wildman–Crippen LogP) is 8.51. The third-order valence-corrected chi connectivity index (χ3v) is 17.8. The maximum Gasteiger partial charge on any atom is 0.330 e. The van der Waals surface area contributed by atoms with Crippen LogP contribution in [0.25, 0.3) is 0 Å². The summed E-state index contributed by atoms with van der Waals surface area (Å²) in [6.45, 7) is 19.1. The molecule has 5 atom stereocenters. The largest absolute Gasteiger partial charge is 0.497 e. The van der Waals surface area contributed by atoms with Gasteiger partial charge in [-0.2, -0.15) is 5.26 Å². The number of hydrogen-bond acceptors (Lipinski definition) is 11. The highest BCUT2D eigenvalue weighted by Crippen LogP contribution is 2.52. The van der Waals surface area contributed by atoms with Crippen LogP contribution in [0.15, 0.2) is 101 Å². The van der Waals surface area contributed by atoms with Gasteiger partial charge in [-0.25, -0.2) is 9.46 Å². The Hall–Kier alpha value is -4.16. The molecule has 1 N–H and O–H groups in total. The van der Waals surface area contributed by atoms with E-state index in [4.69, 9.17) is 32.4 Å². The number of aromatic nitrogens is 2. The fourth-order valence-corrected chi connectivity index (χ4v) is 10.2. The summed E-state index contributed by atoms with van der Waals surface area (Å²) in [5, 5.41) is 9.26. The Labute approximate surface area is 356 Å². The number of methoxy groups -OCH3 is 2. The molecule has 15 heteroatoms. The van der Waals surface area contributed by atoms with Crippen molar-refractivity contribution in [1.29, 1.82) is 5.26 Å². The number of benzene rings is 3. The number of nitrogens with one attached hydrogen (secondary N) is 1. The van der Waals surface area contributed by atoms with Gasteiger partial charge in [-0.1, -0.05) is 75.4 Å². The van der Waals surface area contributed by atoms with Crippen LogP contribution in [0.3, 0.4) is 0 Å². The minimum absolute atomic E-state index is 0.00321. The summed E-state index contributed by atoms with van der Waals surface area (Å²) in [5.74, 6) is 1.37. The monoisotopic (exact) mass is 861 g/mol. The van der Waals surface area contributed by atoms with Gasteiger partial charge in [0.05, 0.1) is 39.9 Å². The van der Waals surface area contributed by atoms with Gasteiger partial charge < -0.3 is 32.4 Å². The first-order valence-electron chi connectivity index (χ1n) is 20.4. The van der Waals surface area contributed by atoms with Crippen molar-refractivity contribution in [3.8, 4) is 17.6 Å². The van der Waals surface area contributed by atoms with E-state index in [2.05, 4.69) is 77.3 Å². The van der Waals surface area contributed by atoms with Crippen LogP contribution in [0.2, 0.25) is 18.1 Å². The fraction of sp³-hybridized carbons (Fsp3) is 0.489. The van der Waals surface area contributed by atoms with E-state index < -0.39 is 58.2 Å². The van der Waals surface area contributed by atoms with Gasteiger partial charge in [0.1, 0.15) is 35.4 Å². The van der Waals surface area contributed by atoms with Gasteiger partial charge in [0.2, 0.25) is 0 Å². The Morgan fingerprint density at radius 1 is 0.850 bits per heavy atom. The van der Waals surface area contributed by atoms with E-state index in [-0.39, 0.29) is 36.8 Å². The molecule has 0 saturated carbocycles. The molecule has 1 unspecified atom stereocenters. The second-order valence-electron chi connectivity index (χ2n) is 16.9. The van der Waals surface area contributed by atoms with E-state index in [1.165, 1.54) is 16.8 Å². The van der Waals surface area contributed by atoms with Crippen molar-refractivity contribution in [3.63, 3.8) is 0 Å². The Bertz CT molecular complexity index is 2080. The lowest BCUT2D eigenvalue weighted by Gasteiger charge is -2.42. The Morgan fingerprint density at radius 2 is 1.40 bits per heavy atom. The SMILES string of the molecule is COc1ccc(C(OC[C@H]2O[C@@H](n3ccc(=O)[15nH]c3=O)[C@H](O[Si](C)(C)C(C)(C)C)[C@@H]2OP(OCCC#N)N(C(C)C)C(C)C)(c2ccccc2)c2ccc(OC)cc2)cc1. The van der Waals surface area contributed by atoms with Gasteiger partial charge in [-0.3, -0.25) is 14.3 Å². The standard InChI is InChI=1S/C45H61N4O9PSi/c1-31(2)49(32(3)4)59(55-29-15-27-46)57-40-38(56-42(48-28-26-39(50)47-43(48)51)41(40)58-60(10,11)44(5,6)7)30-54-45(33-16-13-12-14-17-33,34-18-22-36(52-8)23-19-34)35-20-24-37(53-9)25-21-35/h12-14,16-26,28,31-32,38,40-42H,15,29-30H2,1-11H3,(H,47,50,51)/t38-,40-,41-,42-,59?/m1/s1/i47+1. The molecule has 0 radical (unpaired) electrons. The summed E-state index contributed by atoms with van der Waals surface area (Å²) in [6.07, 6.45) is -2.01. The summed E-state index contributed by atoms with van der Waals surface area (Å²) in [7, 11) is -1.20. The van der Waals surface area contributed by atoms with Crippen LogP contribution in [0, 0.1) is 11.3 Å². The number of rotatable bonds is 19. The molecular weight excluding hydrogens is 801 g/mol. The molecule has 0 aliphatic carbocycles. The average molecular weight is 862 g/mol. The molecule has 4 aromatic rings. The second kappa shape index (κ2) is 20.1. The van der Waals surface area contributed by atoms with E-state index in [0.717, 1.165) is 16.7 Å². The van der Waals surface area contributed by atoms with E-state index in [1.807, 2.05) is 78.9 Å². The number of H-pyrrole nitrogens is 1. The molecule has 1 aromatic heterocycles. The molecule has 0 bridgehead atoms. The first-order valence-corrected chi connectivity index (χ1v) is 24.4. The number of aromatic amines is 1. The molecule has 5 rings (SSSR count). The summed E-state index contributed by atoms with van der Waals surface area (Å²) >= 11 is 0. The molecule has 13 nitrogen and oxygen atoms in total. The average Bonchev–Trinajstić information content (AvgIpc) is 3.53. The number of nitriles is 1. The van der Waals surface area contributed by atoms with Gasteiger partial charge in [0.25, 0.3) is 14.1 Å². The van der Waals surface area contributed by atoms with Crippen molar-refractivity contribution < 1.29 is 32.4 Å². The van der Waals surface area contributed by atoms with Crippen molar-refractivity contribution in [3.05, 3.63) is 129 Å². The zero-order valence-electron chi connectivity index (χ0n) is 36.7. The van der Waals surface area contributed by atoms with Gasteiger partial charge >= 0.3 is 5.69 Å². The first-order chi connectivity index (χ1) is 28.5. The third-order valence-electron chi connectivity index (χ3n) is 11.2. The summed E-state index contributed by atoms with van der Waals surface area (Å²) in [4.78, 5) is 28.4. The van der Waals surface area contributed by atoms with Gasteiger partial charge in [0.15, 0.2) is 14.5 Å². The molecular formula is C45H61N4O9PSi. The fourth-order valence-electron chi connectivity index (χ4n) is 7.14. The van der Waals surface area contributed by atoms with E-state index in [9.17, 15) is 14.9 Å². The van der Waals surface area contributed by atoms with Gasteiger partial charge in [-0.15, -0.1) is 0 Å². The molecule has 0 spiro atoms. The summed E-state index contributed by atoms with van der Waals surface area (Å²) in [5.41, 5.74) is 0.119. The molecule has 1 saturated heterocycles. The van der Waals surface area contributed by atoms with E-state index in [1.54, 1.807) is 14.2 Å². The molecule has 1 aliphatic rings. The normalized spacial score (nSPS) is 19.1. The number of ether oxygens (including phenoxy) is 4. The molecule has 324 valence electrons. The van der Waals surface area contributed by atoms with Crippen molar-refractivity contribution in [2.75, 3.05) is 27.4 Å². The molecule has 1 fully saturated rings. The maximum atomic E-state index is 13.6. The van der Waals surface area contributed by atoms with Crippen molar-refractivity contribution >= 4 is 16.8 Å². The highest BCUT2D eigenvalue weighted by atomic mass is 31.2. The van der Waals surface area contributed by atoms with Gasteiger partial charge in [0, 0.05) is 24.3 Å². The van der Waals surface area contributed by atoms with E-state index in [0.29, 0.717) is 11.5 Å². The Morgan fingerprint density at radius 3 is 1.88 bits per heavy atom. The van der Waals surface area contributed by atoms with E-state index >= 15 is 0 Å². The summed E-state index contributed by atoms with van der Waals surface area (Å²) in [6, 6.07) is 29.0. The molecule has 3 aromatic carbocycles. The molecule has 2 heterocycles. The Balaban J connectivity index is 1.73. The van der Waals surface area contributed by atoms with Gasteiger partial charge in [-0.05, 0) is 86.8 Å². The van der Waals surface area contributed by atoms with Crippen LogP contribution < -0.4 is 20.7 Å². The second-order valence-corrected chi connectivity index (χ2v) is 23.0. The van der Waals surface area contributed by atoms with Crippen LogP contribution in [0.4, 0.5) is 0 Å². The van der Waals surface area contributed by atoms with Crippen molar-refractivity contribution in [2.24, 2.45) is 0 Å². The maximum absolute atomic E-state index is 13.6. The highest BCUT2D eigenvalue weighted by Gasteiger charge is 2.54. The summed E-state index contributed by atoms with van der Waals surface area (Å²) < 4.78 is 50.0. The van der Waals surface area contributed by atoms with Crippen LogP contribution in [-0.2, 0) is 28.5 Å². The minimum atomic E-state index is -2.64.